The maximum atomic E-state index is 12.2. The van der Waals surface area contributed by atoms with Crippen LogP contribution in [0.2, 0.25) is 0 Å². The minimum Gasteiger partial charge on any atom is -0.406 e. The summed E-state index contributed by atoms with van der Waals surface area (Å²) in [6.07, 6.45) is 11.0. The van der Waals surface area contributed by atoms with Crippen LogP contribution in [0.15, 0.2) is 23.0 Å². The Labute approximate surface area is 128 Å². The topological polar surface area (TPSA) is 67.3 Å². The number of carbonyl (C=O) groups excluding carboxylic acids is 1. The second-order valence-electron chi connectivity index (χ2n) is 7.55. The van der Waals surface area contributed by atoms with Crippen LogP contribution in [0.1, 0.15) is 44.2 Å². The summed E-state index contributed by atoms with van der Waals surface area (Å²) in [4.78, 5) is 16.8. The molecule has 1 N–H and O–H groups in total. The molecule has 1 aromatic rings. The first kappa shape index (κ1) is 12.6. The normalized spacial score (nSPS) is 41.1. The molecule has 6 rings (SSSR count). The predicted molar refractivity (Wildman–Crippen MR) is 80.7 cm³/mol. The van der Waals surface area contributed by atoms with Crippen molar-refractivity contribution in [1.82, 2.24) is 10.2 Å². The lowest BCUT2D eigenvalue weighted by atomic mass is 9.49. The lowest BCUT2D eigenvalue weighted by Crippen LogP contribution is -2.50. The minimum absolute atomic E-state index is 0.0357. The van der Waals surface area contributed by atoms with Crippen molar-refractivity contribution in [2.24, 2.45) is 28.2 Å². The minimum atomic E-state index is -0.319. The third kappa shape index (κ3) is 1.81. The Morgan fingerprint density at radius 3 is 2.45 bits per heavy atom. The summed E-state index contributed by atoms with van der Waals surface area (Å²) in [6.45, 7) is 0. The summed E-state index contributed by atoms with van der Waals surface area (Å²) in [7, 11) is 0. The zero-order valence-corrected chi connectivity index (χ0v) is 12.4. The SMILES string of the molecule is O=C1OC(C23CC4CC(CC(C4)C2)C3)=N/C1=C\c1ccn[nH]1. The molecule has 2 heterocycles. The van der Waals surface area contributed by atoms with Crippen LogP contribution in [0.4, 0.5) is 0 Å². The molecule has 4 bridgehead atoms. The number of nitrogens with zero attached hydrogens (tertiary/aromatic N) is 2. The van der Waals surface area contributed by atoms with Gasteiger partial charge in [0.05, 0.1) is 5.69 Å². The number of H-pyrrole nitrogens is 1. The number of ether oxygens (including phenoxy) is 1. The fourth-order valence-electron chi connectivity index (χ4n) is 5.50. The van der Waals surface area contributed by atoms with Gasteiger partial charge in [-0.1, -0.05) is 0 Å². The van der Waals surface area contributed by atoms with E-state index < -0.39 is 0 Å². The number of esters is 1. The second-order valence-corrected chi connectivity index (χ2v) is 7.55. The summed E-state index contributed by atoms with van der Waals surface area (Å²) >= 11 is 0. The lowest BCUT2D eigenvalue weighted by molar-refractivity contribution is -0.131. The molecule has 0 spiro atoms. The number of aromatic amines is 1. The first-order valence-electron chi connectivity index (χ1n) is 8.23. The maximum Gasteiger partial charge on any atom is 0.363 e. The maximum absolute atomic E-state index is 12.2. The highest BCUT2D eigenvalue weighted by Crippen LogP contribution is 2.61. The number of cyclic esters (lactones) is 1. The number of carbonyl (C=O) groups is 1. The Morgan fingerprint density at radius 1 is 1.18 bits per heavy atom. The van der Waals surface area contributed by atoms with Crippen LogP contribution in [0.25, 0.3) is 6.08 Å². The molecule has 1 aromatic heterocycles. The van der Waals surface area contributed by atoms with Crippen LogP contribution < -0.4 is 0 Å². The number of rotatable bonds is 2. The van der Waals surface area contributed by atoms with E-state index in [2.05, 4.69) is 15.2 Å². The molecule has 5 nitrogen and oxygen atoms in total. The molecule has 114 valence electrons. The highest BCUT2D eigenvalue weighted by atomic mass is 16.6. The smallest absolute Gasteiger partial charge is 0.363 e. The molecule has 0 amide bonds. The van der Waals surface area contributed by atoms with Gasteiger partial charge in [0, 0.05) is 11.6 Å². The fraction of sp³-hybridized carbons (Fsp3) is 0.588. The first-order valence-corrected chi connectivity index (χ1v) is 8.23. The van der Waals surface area contributed by atoms with E-state index in [1.807, 2.05) is 6.07 Å². The molecule has 4 saturated carbocycles. The summed E-state index contributed by atoms with van der Waals surface area (Å²) < 4.78 is 5.62. The average molecular weight is 297 g/mol. The molecular weight excluding hydrogens is 278 g/mol. The monoisotopic (exact) mass is 297 g/mol. The van der Waals surface area contributed by atoms with Crippen LogP contribution in [0, 0.1) is 23.2 Å². The van der Waals surface area contributed by atoms with Crippen molar-refractivity contribution in [2.75, 3.05) is 0 Å². The lowest BCUT2D eigenvalue weighted by Gasteiger charge is -2.55. The summed E-state index contributed by atoms with van der Waals surface area (Å²) in [5.74, 6) is 2.82. The van der Waals surface area contributed by atoms with Gasteiger partial charge in [0.1, 0.15) is 0 Å². The number of hydrogen-bond acceptors (Lipinski definition) is 4. The van der Waals surface area contributed by atoms with Gasteiger partial charge >= 0.3 is 5.97 Å². The average Bonchev–Trinajstić information content (AvgIpc) is 3.09. The van der Waals surface area contributed by atoms with Crippen LogP contribution in [-0.4, -0.2) is 22.1 Å². The summed E-state index contributed by atoms with van der Waals surface area (Å²) in [5.41, 5.74) is 1.21. The third-order valence-corrected chi connectivity index (χ3v) is 5.93. The zero-order chi connectivity index (χ0) is 14.7. The van der Waals surface area contributed by atoms with Gasteiger partial charge in [0.2, 0.25) is 5.90 Å². The van der Waals surface area contributed by atoms with Gasteiger partial charge in [-0.15, -0.1) is 0 Å². The van der Waals surface area contributed by atoms with Crippen molar-refractivity contribution in [3.63, 3.8) is 0 Å². The fourth-order valence-corrected chi connectivity index (χ4v) is 5.50. The van der Waals surface area contributed by atoms with E-state index in [0.717, 1.165) is 42.7 Å². The molecule has 22 heavy (non-hydrogen) atoms. The Bertz CT molecular complexity index is 651. The van der Waals surface area contributed by atoms with E-state index in [9.17, 15) is 4.79 Å². The highest BCUT2D eigenvalue weighted by molar-refractivity contribution is 6.08. The molecule has 4 aliphatic carbocycles. The van der Waals surface area contributed by atoms with Gasteiger partial charge in [0.15, 0.2) is 5.70 Å². The van der Waals surface area contributed by atoms with Crippen LogP contribution in [0.3, 0.4) is 0 Å². The third-order valence-electron chi connectivity index (χ3n) is 5.93. The second kappa shape index (κ2) is 4.31. The van der Waals surface area contributed by atoms with Crippen LogP contribution >= 0.6 is 0 Å². The van der Waals surface area contributed by atoms with Crippen LogP contribution in [0.5, 0.6) is 0 Å². The van der Waals surface area contributed by atoms with E-state index >= 15 is 0 Å². The van der Waals surface area contributed by atoms with Crippen molar-refractivity contribution in [2.45, 2.75) is 38.5 Å². The van der Waals surface area contributed by atoms with Gasteiger partial charge in [-0.2, -0.15) is 5.10 Å². The quantitative estimate of drug-likeness (QED) is 0.674. The van der Waals surface area contributed by atoms with Crippen molar-refractivity contribution < 1.29 is 9.53 Å². The molecular formula is C17H19N3O2. The van der Waals surface area contributed by atoms with Gasteiger partial charge in [-0.25, -0.2) is 9.79 Å². The molecule has 5 aliphatic rings. The largest absolute Gasteiger partial charge is 0.406 e. The van der Waals surface area contributed by atoms with Gasteiger partial charge in [0.25, 0.3) is 0 Å². The number of aromatic nitrogens is 2. The summed E-state index contributed by atoms with van der Waals surface area (Å²) in [5, 5.41) is 6.72. The van der Waals surface area contributed by atoms with E-state index in [1.165, 1.54) is 19.3 Å². The standard InChI is InChI=1S/C17H19N3O2/c21-15-14(6-13-1-2-18-20-13)19-16(22-15)17-7-10-3-11(8-17)5-12(4-10)9-17/h1-2,6,10-12H,3-5,7-9H2,(H,18,20)/b14-6-. The molecule has 0 radical (unpaired) electrons. The van der Waals surface area contributed by atoms with Crippen molar-refractivity contribution >= 4 is 17.9 Å². The molecule has 0 aromatic carbocycles. The Balaban J connectivity index is 1.50. The number of nitrogens with one attached hydrogen (secondary N) is 1. The van der Waals surface area contributed by atoms with E-state index in [1.54, 1.807) is 12.3 Å². The zero-order valence-electron chi connectivity index (χ0n) is 12.4. The molecule has 0 atom stereocenters. The Morgan fingerprint density at radius 2 is 1.86 bits per heavy atom. The van der Waals surface area contributed by atoms with Crippen LogP contribution in [-0.2, 0) is 9.53 Å². The molecule has 1 aliphatic heterocycles. The molecule has 4 fully saturated rings. The first-order chi connectivity index (χ1) is 10.7. The van der Waals surface area contributed by atoms with Gasteiger partial charge in [-0.3, -0.25) is 5.10 Å². The highest BCUT2D eigenvalue weighted by Gasteiger charge is 2.55. The number of hydrogen-bond donors (Lipinski definition) is 1. The number of aliphatic imine (C=N–C) groups is 1. The van der Waals surface area contributed by atoms with Crippen molar-refractivity contribution in [3.8, 4) is 0 Å². The van der Waals surface area contributed by atoms with E-state index in [0.29, 0.717) is 11.6 Å². The van der Waals surface area contributed by atoms with E-state index in [-0.39, 0.29) is 11.4 Å². The Hall–Kier alpha value is -1.91. The van der Waals surface area contributed by atoms with Gasteiger partial charge < -0.3 is 4.74 Å². The van der Waals surface area contributed by atoms with Crippen molar-refractivity contribution in [3.05, 3.63) is 23.7 Å². The van der Waals surface area contributed by atoms with Gasteiger partial charge in [-0.05, 0) is 68.4 Å². The van der Waals surface area contributed by atoms with Crippen molar-refractivity contribution in [1.29, 1.82) is 0 Å². The Kier molecular flexibility index (Phi) is 2.47. The molecule has 0 saturated heterocycles. The summed E-state index contributed by atoms with van der Waals surface area (Å²) in [6, 6.07) is 1.82. The molecule has 5 heteroatoms. The molecule has 0 unspecified atom stereocenters. The van der Waals surface area contributed by atoms with E-state index in [4.69, 9.17) is 4.74 Å². The predicted octanol–water partition coefficient (Wildman–Crippen LogP) is 2.92.